The van der Waals surface area contributed by atoms with Crippen molar-refractivity contribution in [2.24, 2.45) is 0 Å². The van der Waals surface area contributed by atoms with Crippen LogP contribution in [0, 0.1) is 12.7 Å². The maximum atomic E-state index is 13.4. The first-order valence-corrected chi connectivity index (χ1v) is 6.64. The van der Waals surface area contributed by atoms with Crippen molar-refractivity contribution >= 4 is 34.6 Å². The molecule has 0 unspecified atom stereocenters. The second-order valence-electron chi connectivity index (χ2n) is 3.93. The molecule has 1 aromatic heterocycles. The Morgan fingerprint density at radius 2 is 2.21 bits per heavy atom. The fourth-order valence-corrected chi connectivity index (χ4v) is 2.49. The van der Waals surface area contributed by atoms with Gasteiger partial charge in [-0.2, -0.15) is 0 Å². The number of ether oxygens (including phenoxy) is 1. The van der Waals surface area contributed by atoms with Crippen LogP contribution in [-0.4, -0.2) is 5.97 Å². The van der Waals surface area contributed by atoms with Crippen LogP contribution in [0.5, 0.6) is 0 Å². The van der Waals surface area contributed by atoms with Crippen LogP contribution in [-0.2, 0) is 11.3 Å². The molecule has 100 valence electrons. The van der Waals surface area contributed by atoms with E-state index in [4.69, 9.17) is 22.1 Å². The zero-order valence-corrected chi connectivity index (χ0v) is 11.6. The van der Waals surface area contributed by atoms with Crippen LogP contribution < -0.4 is 5.73 Å². The van der Waals surface area contributed by atoms with Crippen molar-refractivity contribution in [2.45, 2.75) is 13.5 Å². The first-order valence-electron chi connectivity index (χ1n) is 5.44. The summed E-state index contributed by atoms with van der Waals surface area (Å²) in [6.07, 6.45) is 0. The van der Waals surface area contributed by atoms with Crippen molar-refractivity contribution in [2.75, 3.05) is 5.73 Å². The predicted molar refractivity (Wildman–Crippen MR) is 74.0 cm³/mol. The number of thiophene rings is 1. The average Bonchev–Trinajstić information content (AvgIpc) is 2.70. The van der Waals surface area contributed by atoms with Gasteiger partial charge in [0, 0.05) is 21.2 Å². The number of hydrogen-bond acceptors (Lipinski definition) is 4. The smallest absolute Gasteiger partial charge is 0.348 e. The number of esters is 1. The lowest BCUT2D eigenvalue weighted by molar-refractivity contribution is 0.0475. The van der Waals surface area contributed by atoms with E-state index >= 15 is 0 Å². The Balaban J connectivity index is 2.06. The minimum atomic E-state index is -0.524. The van der Waals surface area contributed by atoms with E-state index in [-0.39, 0.29) is 12.2 Å². The van der Waals surface area contributed by atoms with Gasteiger partial charge in [0.1, 0.15) is 17.3 Å². The molecule has 0 aliphatic rings. The average molecular weight is 300 g/mol. The Bertz CT molecular complexity index is 608. The molecule has 0 atom stereocenters. The van der Waals surface area contributed by atoms with Gasteiger partial charge in [-0.05, 0) is 31.2 Å². The lowest BCUT2D eigenvalue weighted by Crippen LogP contribution is -2.04. The van der Waals surface area contributed by atoms with E-state index in [0.29, 0.717) is 15.6 Å². The van der Waals surface area contributed by atoms with Gasteiger partial charge >= 0.3 is 5.97 Å². The molecule has 3 nitrogen and oxygen atoms in total. The van der Waals surface area contributed by atoms with Gasteiger partial charge in [0.15, 0.2) is 0 Å². The van der Waals surface area contributed by atoms with Gasteiger partial charge in [-0.3, -0.25) is 0 Å². The highest BCUT2D eigenvalue weighted by Gasteiger charge is 2.13. The first kappa shape index (κ1) is 13.8. The number of carbonyl (C=O) groups excluding carboxylic acids is 1. The molecule has 0 amide bonds. The van der Waals surface area contributed by atoms with Gasteiger partial charge < -0.3 is 10.5 Å². The Morgan fingerprint density at radius 3 is 2.84 bits per heavy atom. The lowest BCUT2D eigenvalue weighted by atomic mass is 10.2. The molecule has 0 aliphatic heterocycles. The Hall–Kier alpha value is -1.59. The van der Waals surface area contributed by atoms with Gasteiger partial charge in [-0.15, -0.1) is 11.3 Å². The number of benzene rings is 1. The van der Waals surface area contributed by atoms with E-state index in [1.165, 1.54) is 29.5 Å². The third kappa shape index (κ3) is 3.24. The number of carbonyl (C=O) groups is 1. The second kappa shape index (κ2) is 5.59. The van der Waals surface area contributed by atoms with E-state index in [0.717, 1.165) is 4.88 Å². The maximum Gasteiger partial charge on any atom is 0.348 e. The quantitative estimate of drug-likeness (QED) is 0.877. The molecule has 0 radical (unpaired) electrons. The van der Waals surface area contributed by atoms with Gasteiger partial charge in [0.05, 0.1) is 0 Å². The Kier molecular flexibility index (Phi) is 4.07. The summed E-state index contributed by atoms with van der Waals surface area (Å²) in [5.41, 5.74) is 6.44. The summed E-state index contributed by atoms with van der Waals surface area (Å²) in [6, 6.07) is 5.65. The maximum absolute atomic E-state index is 13.4. The van der Waals surface area contributed by atoms with Crippen LogP contribution >= 0.6 is 22.9 Å². The highest BCUT2D eigenvalue weighted by Crippen LogP contribution is 2.24. The Labute approximate surface area is 118 Å². The van der Waals surface area contributed by atoms with E-state index in [1.54, 1.807) is 6.07 Å². The number of hydrogen-bond donors (Lipinski definition) is 1. The van der Waals surface area contributed by atoms with Crippen molar-refractivity contribution in [1.82, 2.24) is 0 Å². The number of nitrogens with two attached hydrogens (primary N) is 1. The SMILES string of the molecule is Cc1sc(C(=O)OCc2cc(Cl)ccc2F)cc1N. The van der Waals surface area contributed by atoms with E-state index < -0.39 is 11.8 Å². The van der Waals surface area contributed by atoms with Crippen LogP contribution in [0.1, 0.15) is 20.1 Å². The topological polar surface area (TPSA) is 52.3 Å². The highest BCUT2D eigenvalue weighted by molar-refractivity contribution is 7.14. The molecule has 2 N–H and O–H groups in total. The summed E-state index contributed by atoms with van der Waals surface area (Å²) < 4.78 is 18.5. The summed E-state index contributed by atoms with van der Waals surface area (Å²) in [5.74, 6) is -0.983. The molecular weight excluding hydrogens is 289 g/mol. The summed E-state index contributed by atoms with van der Waals surface area (Å²) in [6.45, 7) is 1.65. The second-order valence-corrected chi connectivity index (χ2v) is 5.63. The van der Waals surface area contributed by atoms with Crippen LogP contribution in [0.3, 0.4) is 0 Å². The largest absolute Gasteiger partial charge is 0.457 e. The molecule has 0 fully saturated rings. The third-order valence-electron chi connectivity index (χ3n) is 2.52. The molecule has 0 saturated carbocycles. The van der Waals surface area contributed by atoms with Crippen molar-refractivity contribution in [3.63, 3.8) is 0 Å². The molecule has 1 aromatic carbocycles. The van der Waals surface area contributed by atoms with Gasteiger partial charge in [0.2, 0.25) is 0 Å². The van der Waals surface area contributed by atoms with E-state index in [2.05, 4.69) is 0 Å². The molecule has 1 heterocycles. The monoisotopic (exact) mass is 299 g/mol. The first-order chi connectivity index (χ1) is 8.97. The molecule has 2 rings (SSSR count). The Morgan fingerprint density at radius 1 is 1.47 bits per heavy atom. The summed E-state index contributed by atoms with van der Waals surface area (Å²) in [4.78, 5) is 13.0. The summed E-state index contributed by atoms with van der Waals surface area (Å²) in [5, 5.41) is 0.392. The molecule has 2 aromatic rings. The molecule has 19 heavy (non-hydrogen) atoms. The fraction of sp³-hybridized carbons (Fsp3) is 0.154. The van der Waals surface area contributed by atoms with Crippen molar-refractivity contribution in [3.8, 4) is 0 Å². The number of halogens is 2. The molecule has 6 heteroatoms. The summed E-state index contributed by atoms with van der Waals surface area (Å²) >= 11 is 7.00. The molecule has 0 saturated heterocycles. The lowest BCUT2D eigenvalue weighted by Gasteiger charge is -2.05. The highest BCUT2D eigenvalue weighted by atomic mass is 35.5. The minimum absolute atomic E-state index is 0.165. The number of aryl methyl sites for hydroxylation is 1. The van der Waals surface area contributed by atoms with Crippen LogP contribution in [0.4, 0.5) is 10.1 Å². The van der Waals surface area contributed by atoms with Crippen molar-refractivity contribution in [1.29, 1.82) is 0 Å². The van der Waals surface area contributed by atoms with Crippen LogP contribution in [0.25, 0.3) is 0 Å². The van der Waals surface area contributed by atoms with E-state index in [1.807, 2.05) is 6.92 Å². The molecular formula is C13H11ClFNO2S. The standard InChI is InChI=1S/C13H11ClFNO2S/c1-7-11(16)5-12(19-7)13(17)18-6-8-4-9(14)2-3-10(8)15/h2-5H,6,16H2,1H3. The van der Waals surface area contributed by atoms with Crippen molar-refractivity contribution in [3.05, 3.63) is 50.4 Å². The minimum Gasteiger partial charge on any atom is -0.457 e. The van der Waals surface area contributed by atoms with E-state index in [9.17, 15) is 9.18 Å². The van der Waals surface area contributed by atoms with Crippen molar-refractivity contribution < 1.29 is 13.9 Å². The molecule has 0 aliphatic carbocycles. The van der Waals surface area contributed by atoms with Crippen LogP contribution in [0.15, 0.2) is 24.3 Å². The van der Waals surface area contributed by atoms with Gasteiger partial charge in [-0.25, -0.2) is 9.18 Å². The van der Waals surface area contributed by atoms with Crippen LogP contribution in [0.2, 0.25) is 5.02 Å². The third-order valence-corrected chi connectivity index (χ3v) is 3.81. The molecule has 0 spiro atoms. The fourth-order valence-electron chi connectivity index (χ4n) is 1.47. The molecule has 0 bridgehead atoms. The van der Waals surface area contributed by atoms with Gasteiger partial charge in [0.25, 0.3) is 0 Å². The number of anilines is 1. The number of nitrogen functional groups attached to an aromatic ring is 1. The summed E-state index contributed by atoms with van der Waals surface area (Å²) in [7, 11) is 0. The predicted octanol–water partition coefficient (Wildman–Crippen LogP) is 3.79. The zero-order chi connectivity index (χ0) is 14.0. The van der Waals surface area contributed by atoms with Gasteiger partial charge in [-0.1, -0.05) is 11.6 Å². The number of rotatable bonds is 3. The zero-order valence-electron chi connectivity index (χ0n) is 10.1. The normalized spacial score (nSPS) is 10.5.